The molecule has 1 aromatic heterocycles. The van der Waals surface area contributed by atoms with Gasteiger partial charge in [0.15, 0.2) is 5.13 Å². The van der Waals surface area contributed by atoms with Crippen LogP contribution in [0.3, 0.4) is 0 Å². The van der Waals surface area contributed by atoms with Crippen LogP contribution in [-0.4, -0.2) is 10.9 Å². The number of hydrogen-bond acceptors (Lipinski definition) is 3. The van der Waals surface area contributed by atoms with Gasteiger partial charge in [-0.25, -0.2) is 4.98 Å². The second-order valence-electron chi connectivity index (χ2n) is 5.24. The molecule has 21 heavy (non-hydrogen) atoms. The monoisotopic (exact) mass is 296 g/mol. The molecule has 0 spiro atoms. The summed E-state index contributed by atoms with van der Waals surface area (Å²) in [5, 5.41) is 3.51. The third-order valence-electron chi connectivity index (χ3n) is 3.54. The molecule has 0 fully saturated rings. The zero-order chi connectivity index (χ0) is 15.0. The van der Waals surface area contributed by atoms with Gasteiger partial charge in [-0.2, -0.15) is 0 Å². The minimum absolute atomic E-state index is 0.123. The van der Waals surface area contributed by atoms with E-state index in [2.05, 4.69) is 36.3 Å². The average Bonchev–Trinajstić information content (AvgIpc) is 2.81. The van der Waals surface area contributed by atoms with E-state index >= 15 is 0 Å². The molecular weight excluding hydrogens is 280 g/mol. The van der Waals surface area contributed by atoms with Crippen LogP contribution in [0.1, 0.15) is 27.0 Å². The first-order valence-corrected chi connectivity index (χ1v) is 7.60. The number of rotatable bonds is 2. The molecule has 2 aromatic carbocycles. The van der Waals surface area contributed by atoms with Gasteiger partial charge in [0.25, 0.3) is 5.91 Å². The molecule has 0 unspecified atom stereocenters. The zero-order valence-electron chi connectivity index (χ0n) is 12.2. The molecule has 0 bridgehead atoms. The topological polar surface area (TPSA) is 42.0 Å². The van der Waals surface area contributed by atoms with E-state index in [-0.39, 0.29) is 5.91 Å². The largest absolute Gasteiger partial charge is 0.298 e. The Morgan fingerprint density at radius 1 is 1.05 bits per heavy atom. The lowest BCUT2D eigenvalue weighted by Gasteiger charge is -2.01. The SMILES string of the molecule is Cc1ccc(C(=O)Nc2nc3cc(C)c(C)cc3s2)cc1. The Kier molecular flexibility index (Phi) is 3.47. The Morgan fingerprint density at radius 3 is 2.43 bits per heavy atom. The van der Waals surface area contributed by atoms with E-state index in [9.17, 15) is 4.79 Å². The van der Waals surface area contributed by atoms with Crippen molar-refractivity contribution in [3.8, 4) is 0 Å². The van der Waals surface area contributed by atoms with E-state index in [0.717, 1.165) is 15.8 Å². The highest BCUT2D eigenvalue weighted by Gasteiger charge is 2.10. The maximum Gasteiger partial charge on any atom is 0.257 e. The number of aromatic nitrogens is 1. The molecule has 106 valence electrons. The van der Waals surface area contributed by atoms with Crippen molar-refractivity contribution < 1.29 is 4.79 Å². The third-order valence-corrected chi connectivity index (χ3v) is 4.47. The molecule has 0 aliphatic rings. The summed E-state index contributed by atoms with van der Waals surface area (Å²) in [4.78, 5) is 16.7. The molecule has 0 saturated heterocycles. The number of amides is 1. The van der Waals surface area contributed by atoms with Crippen molar-refractivity contribution in [2.45, 2.75) is 20.8 Å². The Hall–Kier alpha value is -2.20. The molecule has 1 N–H and O–H groups in total. The van der Waals surface area contributed by atoms with Crippen molar-refractivity contribution in [2.24, 2.45) is 0 Å². The van der Waals surface area contributed by atoms with Gasteiger partial charge in [-0.3, -0.25) is 10.1 Å². The standard InChI is InChI=1S/C17H16N2OS/c1-10-4-6-13(7-5-10)16(20)19-17-18-14-8-11(2)12(3)9-15(14)21-17/h4-9H,1-3H3,(H,18,19,20). The van der Waals surface area contributed by atoms with Gasteiger partial charge in [0.05, 0.1) is 10.2 Å². The fourth-order valence-corrected chi connectivity index (χ4v) is 3.05. The number of hydrogen-bond donors (Lipinski definition) is 1. The molecule has 1 amide bonds. The minimum Gasteiger partial charge on any atom is -0.298 e. The van der Waals surface area contributed by atoms with Gasteiger partial charge >= 0.3 is 0 Å². The van der Waals surface area contributed by atoms with Crippen molar-refractivity contribution in [1.82, 2.24) is 4.98 Å². The molecule has 0 atom stereocenters. The van der Waals surface area contributed by atoms with Gasteiger partial charge < -0.3 is 0 Å². The number of fused-ring (bicyclic) bond motifs is 1. The Morgan fingerprint density at radius 2 is 1.71 bits per heavy atom. The fourth-order valence-electron chi connectivity index (χ4n) is 2.11. The fraction of sp³-hybridized carbons (Fsp3) is 0.176. The van der Waals surface area contributed by atoms with E-state index in [4.69, 9.17) is 0 Å². The van der Waals surface area contributed by atoms with Gasteiger partial charge in [-0.1, -0.05) is 29.0 Å². The first-order chi connectivity index (χ1) is 10.0. The first kappa shape index (κ1) is 13.8. The lowest BCUT2D eigenvalue weighted by molar-refractivity contribution is 0.102. The van der Waals surface area contributed by atoms with Crippen LogP contribution in [0.5, 0.6) is 0 Å². The Bertz CT molecular complexity index is 780. The second-order valence-corrected chi connectivity index (χ2v) is 6.27. The van der Waals surface area contributed by atoms with Crippen LogP contribution in [0.2, 0.25) is 0 Å². The summed E-state index contributed by atoms with van der Waals surface area (Å²) < 4.78 is 1.09. The number of anilines is 1. The van der Waals surface area contributed by atoms with Crippen LogP contribution < -0.4 is 5.32 Å². The summed E-state index contributed by atoms with van der Waals surface area (Å²) in [7, 11) is 0. The number of nitrogens with one attached hydrogen (secondary N) is 1. The smallest absolute Gasteiger partial charge is 0.257 e. The van der Waals surface area contributed by atoms with E-state index in [1.54, 1.807) is 0 Å². The highest BCUT2D eigenvalue weighted by Crippen LogP contribution is 2.28. The summed E-state index contributed by atoms with van der Waals surface area (Å²) in [5.41, 5.74) is 5.17. The number of benzene rings is 2. The van der Waals surface area contributed by atoms with Crippen molar-refractivity contribution in [2.75, 3.05) is 5.32 Å². The summed E-state index contributed by atoms with van der Waals surface area (Å²) >= 11 is 1.50. The number of thiazole rings is 1. The van der Waals surface area contributed by atoms with Gasteiger partial charge in [0.1, 0.15) is 0 Å². The summed E-state index contributed by atoms with van der Waals surface area (Å²) in [6, 6.07) is 11.7. The van der Waals surface area contributed by atoms with Gasteiger partial charge in [0, 0.05) is 5.56 Å². The molecule has 4 heteroatoms. The van der Waals surface area contributed by atoms with Crippen LogP contribution in [0.15, 0.2) is 36.4 Å². The van der Waals surface area contributed by atoms with Crippen molar-refractivity contribution in [3.63, 3.8) is 0 Å². The summed E-state index contributed by atoms with van der Waals surface area (Å²) in [6.45, 7) is 6.15. The lowest BCUT2D eigenvalue weighted by atomic mass is 10.1. The molecule has 0 saturated carbocycles. The van der Waals surface area contributed by atoms with Crippen LogP contribution in [0.25, 0.3) is 10.2 Å². The van der Waals surface area contributed by atoms with Crippen LogP contribution >= 0.6 is 11.3 Å². The van der Waals surface area contributed by atoms with E-state index in [1.807, 2.05) is 31.2 Å². The van der Waals surface area contributed by atoms with Gasteiger partial charge in [-0.15, -0.1) is 0 Å². The molecule has 0 aliphatic carbocycles. The van der Waals surface area contributed by atoms with E-state index < -0.39 is 0 Å². The minimum atomic E-state index is -0.123. The van der Waals surface area contributed by atoms with Crippen LogP contribution in [0, 0.1) is 20.8 Å². The molecule has 1 heterocycles. The lowest BCUT2D eigenvalue weighted by Crippen LogP contribution is -2.11. The van der Waals surface area contributed by atoms with Gasteiger partial charge in [0.2, 0.25) is 0 Å². The van der Waals surface area contributed by atoms with Crippen LogP contribution in [0.4, 0.5) is 5.13 Å². The molecule has 0 radical (unpaired) electrons. The second kappa shape index (κ2) is 5.30. The van der Waals surface area contributed by atoms with Crippen LogP contribution in [-0.2, 0) is 0 Å². The normalized spacial score (nSPS) is 10.8. The predicted octanol–water partition coefficient (Wildman–Crippen LogP) is 4.47. The third kappa shape index (κ3) is 2.81. The maximum atomic E-state index is 12.2. The first-order valence-electron chi connectivity index (χ1n) is 6.79. The van der Waals surface area contributed by atoms with E-state index in [0.29, 0.717) is 10.7 Å². The van der Waals surface area contributed by atoms with Crippen molar-refractivity contribution in [3.05, 3.63) is 58.7 Å². The number of aryl methyl sites for hydroxylation is 3. The number of carbonyl (C=O) groups excluding carboxylic acids is 1. The quantitative estimate of drug-likeness (QED) is 0.758. The Labute approximate surface area is 127 Å². The highest BCUT2D eigenvalue weighted by atomic mass is 32.1. The molecule has 3 aromatic rings. The van der Waals surface area contributed by atoms with Gasteiger partial charge in [-0.05, 0) is 56.2 Å². The Balaban J connectivity index is 1.87. The molecule has 0 aliphatic heterocycles. The molecule has 3 nitrogen and oxygen atoms in total. The van der Waals surface area contributed by atoms with E-state index in [1.165, 1.54) is 22.5 Å². The number of carbonyl (C=O) groups is 1. The zero-order valence-corrected chi connectivity index (χ0v) is 13.0. The maximum absolute atomic E-state index is 12.2. The molecular formula is C17H16N2OS. The molecule has 3 rings (SSSR count). The van der Waals surface area contributed by atoms with Crippen molar-refractivity contribution in [1.29, 1.82) is 0 Å². The number of nitrogens with zero attached hydrogens (tertiary/aromatic N) is 1. The summed E-state index contributed by atoms with van der Waals surface area (Å²) in [5.74, 6) is -0.123. The average molecular weight is 296 g/mol. The van der Waals surface area contributed by atoms with Crippen molar-refractivity contribution >= 4 is 32.6 Å². The highest BCUT2D eigenvalue weighted by molar-refractivity contribution is 7.22. The predicted molar refractivity (Wildman–Crippen MR) is 88.2 cm³/mol. The summed E-state index contributed by atoms with van der Waals surface area (Å²) in [6.07, 6.45) is 0.